The van der Waals surface area contributed by atoms with Gasteiger partial charge in [0.1, 0.15) is 0 Å². The summed E-state index contributed by atoms with van der Waals surface area (Å²) in [6.07, 6.45) is -0.979. The Hall–Kier alpha value is -1.79. The van der Waals surface area contributed by atoms with Crippen molar-refractivity contribution in [2.75, 3.05) is 0 Å². The molecule has 0 aromatic carbocycles. The lowest BCUT2D eigenvalue weighted by Crippen LogP contribution is -2.33. The Balaban J connectivity index is 2.68. The van der Waals surface area contributed by atoms with Gasteiger partial charge in [0.05, 0.1) is 0 Å². The van der Waals surface area contributed by atoms with Gasteiger partial charge in [-0.1, -0.05) is 0 Å². The van der Waals surface area contributed by atoms with E-state index < -0.39 is 18.1 Å². The second kappa shape index (κ2) is 2.45. The Morgan fingerprint density at radius 3 is 2.45 bits per heavy atom. The first kappa shape index (κ1) is 7.32. The van der Waals surface area contributed by atoms with Crippen LogP contribution in [0.2, 0.25) is 0 Å². The molecule has 7 heteroatoms. The lowest BCUT2D eigenvalue weighted by atomic mass is 10.5. The Labute approximate surface area is 61.8 Å². The van der Waals surface area contributed by atoms with Crippen molar-refractivity contribution in [2.24, 2.45) is 16.5 Å². The first-order chi connectivity index (χ1) is 5.09. The summed E-state index contributed by atoms with van der Waals surface area (Å²) in [5.74, 6) is -0.796. The predicted molar refractivity (Wildman–Crippen MR) is 36.3 cm³/mol. The number of carbonyl (C=O) groups is 2. The number of nitrogens with one attached hydrogen (secondary N) is 2. The Kier molecular flexibility index (Phi) is 1.63. The van der Waals surface area contributed by atoms with Crippen molar-refractivity contribution in [3.63, 3.8) is 0 Å². The van der Waals surface area contributed by atoms with Gasteiger partial charge in [0, 0.05) is 0 Å². The van der Waals surface area contributed by atoms with Gasteiger partial charge in [0.15, 0.2) is 5.96 Å². The van der Waals surface area contributed by atoms with E-state index >= 15 is 0 Å². The molecule has 11 heavy (non-hydrogen) atoms. The number of nitrogens with zero attached hydrogens (tertiary/aromatic N) is 1. The minimum atomic E-state index is -0.979. The fourth-order valence-corrected chi connectivity index (χ4v) is 0.646. The zero-order chi connectivity index (χ0) is 8.43. The molecule has 60 valence electrons. The zero-order valence-corrected chi connectivity index (χ0v) is 5.50. The maximum atomic E-state index is 10.7. The molecule has 0 aliphatic carbocycles. The fraction of sp³-hybridized carbons (Fsp3) is 0.250. The Morgan fingerprint density at radius 1 is 1.45 bits per heavy atom. The zero-order valence-electron chi connectivity index (χ0n) is 5.50. The van der Waals surface area contributed by atoms with Crippen molar-refractivity contribution < 1.29 is 9.59 Å². The largest absolute Gasteiger partial charge is 0.370 e. The molecular weight excluding hydrogens is 150 g/mol. The average Bonchev–Trinajstić information content (AvgIpc) is 2.09. The summed E-state index contributed by atoms with van der Waals surface area (Å²) in [5.41, 5.74) is 9.95. The predicted octanol–water partition coefficient (Wildman–Crippen LogP) is -2.57. The van der Waals surface area contributed by atoms with E-state index in [2.05, 4.69) is 10.3 Å². The van der Waals surface area contributed by atoms with Gasteiger partial charge in [0.25, 0.3) is 5.91 Å². The molecule has 1 fully saturated rings. The van der Waals surface area contributed by atoms with Crippen molar-refractivity contribution in [3.8, 4) is 0 Å². The molecule has 0 spiro atoms. The molecular formula is C4H7N5O2. The van der Waals surface area contributed by atoms with Crippen LogP contribution in [0, 0.1) is 0 Å². The number of nitrogens with two attached hydrogens (primary N) is 2. The van der Waals surface area contributed by atoms with Gasteiger partial charge in [0.2, 0.25) is 6.17 Å². The van der Waals surface area contributed by atoms with Crippen molar-refractivity contribution in [1.82, 2.24) is 10.6 Å². The highest BCUT2D eigenvalue weighted by Gasteiger charge is 2.28. The van der Waals surface area contributed by atoms with Crippen LogP contribution < -0.4 is 22.1 Å². The number of urea groups is 1. The number of rotatable bonds is 1. The first-order valence-corrected chi connectivity index (χ1v) is 2.79. The molecule has 1 atom stereocenters. The normalized spacial score (nSPS) is 22.4. The second-order valence-corrected chi connectivity index (χ2v) is 1.92. The van der Waals surface area contributed by atoms with Gasteiger partial charge in [-0.05, 0) is 0 Å². The van der Waals surface area contributed by atoms with E-state index in [0.717, 1.165) is 0 Å². The molecule has 1 aliphatic heterocycles. The van der Waals surface area contributed by atoms with Crippen LogP contribution in [-0.2, 0) is 4.79 Å². The van der Waals surface area contributed by atoms with Gasteiger partial charge in [-0.25, -0.2) is 9.79 Å². The maximum Gasteiger partial charge on any atom is 0.323 e. The highest BCUT2D eigenvalue weighted by Crippen LogP contribution is 1.92. The van der Waals surface area contributed by atoms with Crippen LogP contribution in [0.3, 0.4) is 0 Å². The summed E-state index contributed by atoms with van der Waals surface area (Å²) in [5, 5.41) is 4.15. The van der Waals surface area contributed by atoms with Crippen molar-refractivity contribution in [1.29, 1.82) is 0 Å². The Morgan fingerprint density at radius 2 is 2.09 bits per heavy atom. The third-order valence-electron chi connectivity index (χ3n) is 1.03. The van der Waals surface area contributed by atoms with Gasteiger partial charge in [-0.2, -0.15) is 0 Å². The van der Waals surface area contributed by atoms with Crippen LogP contribution in [0.5, 0.6) is 0 Å². The molecule has 0 bridgehead atoms. The molecule has 6 N–H and O–H groups in total. The number of guanidine groups is 1. The highest BCUT2D eigenvalue weighted by molar-refractivity contribution is 6.04. The molecule has 0 saturated carbocycles. The molecule has 3 amide bonds. The standard InChI is InChI=1S/C4H7N5O2/c5-3(6)7-1-2(10)9-4(11)8-1/h1H,(H4,5,6,7)(H2,8,9,10,11). The van der Waals surface area contributed by atoms with E-state index in [1.54, 1.807) is 0 Å². The lowest BCUT2D eigenvalue weighted by molar-refractivity contribution is -0.120. The molecule has 7 nitrogen and oxygen atoms in total. The van der Waals surface area contributed by atoms with Crippen LogP contribution in [0.4, 0.5) is 4.79 Å². The van der Waals surface area contributed by atoms with Gasteiger partial charge < -0.3 is 16.8 Å². The van der Waals surface area contributed by atoms with Crippen LogP contribution >= 0.6 is 0 Å². The molecule has 1 heterocycles. The Bertz CT molecular complexity index is 231. The minimum Gasteiger partial charge on any atom is -0.370 e. The number of aliphatic imine (C=N–C) groups is 1. The lowest BCUT2D eigenvalue weighted by Gasteiger charge is -1.98. The van der Waals surface area contributed by atoms with Gasteiger partial charge in [-0.15, -0.1) is 0 Å². The molecule has 1 unspecified atom stereocenters. The summed E-state index contributed by atoms with van der Waals surface area (Å²) >= 11 is 0. The molecule has 0 aromatic rings. The topological polar surface area (TPSA) is 123 Å². The van der Waals surface area contributed by atoms with Crippen molar-refractivity contribution in [3.05, 3.63) is 0 Å². The third-order valence-corrected chi connectivity index (χ3v) is 1.03. The number of imide groups is 1. The SMILES string of the molecule is NC(N)=NC1NC(=O)NC1=O. The van der Waals surface area contributed by atoms with Crippen LogP contribution in [0.1, 0.15) is 0 Å². The van der Waals surface area contributed by atoms with Crippen molar-refractivity contribution in [2.45, 2.75) is 6.17 Å². The monoisotopic (exact) mass is 157 g/mol. The van der Waals surface area contributed by atoms with E-state index in [-0.39, 0.29) is 5.96 Å². The molecule has 1 saturated heterocycles. The van der Waals surface area contributed by atoms with Crippen molar-refractivity contribution >= 4 is 17.9 Å². The van der Waals surface area contributed by atoms with E-state index in [0.29, 0.717) is 0 Å². The minimum absolute atomic E-state index is 0.243. The summed E-state index contributed by atoms with van der Waals surface area (Å²) in [6.45, 7) is 0. The average molecular weight is 157 g/mol. The van der Waals surface area contributed by atoms with Gasteiger partial charge >= 0.3 is 6.03 Å². The molecule has 0 aromatic heterocycles. The number of hydrogen-bond donors (Lipinski definition) is 4. The van der Waals surface area contributed by atoms with Crippen LogP contribution in [-0.4, -0.2) is 24.1 Å². The maximum absolute atomic E-state index is 10.7. The van der Waals surface area contributed by atoms with E-state index in [4.69, 9.17) is 11.5 Å². The highest BCUT2D eigenvalue weighted by atomic mass is 16.2. The summed E-state index contributed by atoms with van der Waals surface area (Å²) in [6, 6.07) is -0.593. The summed E-state index contributed by atoms with van der Waals surface area (Å²) in [4.78, 5) is 24.6. The van der Waals surface area contributed by atoms with E-state index in [9.17, 15) is 9.59 Å². The van der Waals surface area contributed by atoms with E-state index in [1.165, 1.54) is 0 Å². The molecule has 1 aliphatic rings. The fourth-order valence-electron chi connectivity index (χ4n) is 0.646. The quantitative estimate of drug-likeness (QED) is 0.190. The first-order valence-electron chi connectivity index (χ1n) is 2.79. The number of amides is 3. The molecule has 0 radical (unpaired) electrons. The van der Waals surface area contributed by atoms with Crippen LogP contribution in [0.15, 0.2) is 4.99 Å². The summed E-state index contributed by atoms with van der Waals surface area (Å²) in [7, 11) is 0. The van der Waals surface area contributed by atoms with Gasteiger partial charge in [-0.3, -0.25) is 10.1 Å². The molecule has 1 rings (SSSR count). The second-order valence-electron chi connectivity index (χ2n) is 1.92. The third kappa shape index (κ3) is 1.57. The summed E-state index contributed by atoms with van der Waals surface area (Å²) < 4.78 is 0. The number of hydrogen-bond acceptors (Lipinski definition) is 3. The van der Waals surface area contributed by atoms with Crippen LogP contribution in [0.25, 0.3) is 0 Å². The van der Waals surface area contributed by atoms with E-state index in [1.807, 2.05) is 5.32 Å². The smallest absolute Gasteiger partial charge is 0.323 e. The number of carbonyl (C=O) groups excluding carboxylic acids is 2.